The fraction of sp³-hybridized carbons (Fsp3) is 0.263. The van der Waals surface area contributed by atoms with Crippen LogP contribution in [0, 0.1) is 5.92 Å². The van der Waals surface area contributed by atoms with Crippen LogP contribution >= 0.6 is 0 Å². The largest absolute Gasteiger partial charge is 0.493 e. The summed E-state index contributed by atoms with van der Waals surface area (Å²) in [5.74, 6) is 0.548. The molecule has 0 aliphatic carbocycles. The summed E-state index contributed by atoms with van der Waals surface area (Å²) in [6.45, 7) is 3.63. The van der Waals surface area contributed by atoms with E-state index in [2.05, 4.69) is 10.6 Å². The molecule has 0 spiro atoms. The van der Waals surface area contributed by atoms with Crippen LogP contribution in [0.25, 0.3) is 0 Å². The average molecular weight is 342 g/mol. The Labute approximate surface area is 147 Å². The molecule has 2 amide bonds. The van der Waals surface area contributed by atoms with E-state index in [1.165, 1.54) is 14.2 Å². The number of nitrogens with one attached hydrogen (secondary N) is 2. The zero-order valence-corrected chi connectivity index (χ0v) is 14.8. The van der Waals surface area contributed by atoms with E-state index in [4.69, 9.17) is 9.47 Å². The highest BCUT2D eigenvalue weighted by atomic mass is 16.5. The molecule has 6 heteroatoms. The van der Waals surface area contributed by atoms with Gasteiger partial charge in [-0.25, -0.2) is 0 Å². The van der Waals surface area contributed by atoms with Crippen LogP contribution in [-0.2, 0) is 4.79 Å². The van der Waals surface area contributed by atoms with Gasteiger partial charge in [-0.15, -0.1) is 0 Å². The molecular formula is C19H22N2O4. The van der Waals surface area contributed by atoms with E-state index in [0.29, 0.717) is 28.4 Å². The molecule has 0 unspecified atom stereocenters. The van der Waals surface area contributed by atoms with Crippen LogP contribution in [0.4, 0.5) is 11.4 Å². The molecule has 2 aromatic carbocycles. The van der Waals surface area contributed by atoms with Crippen LogP contribution < -0.4 is 20.1 Å². The molecule has 0 atom stereocenters. The Morgan fingerprint density at radius 3 is 2.12 bits per heavy atom. The molecule has 2 rings (SSSR count). The molecule has 0 aliphatic heterocycles. The van der Waals surface area contributed by atoms with Crippen molar-refractivity contribution >= 4 is 23.2 Å². The Balaban J connectivity index is 2.14. The van der Waals surface area contributed by atoms with Crippen molar-refractivity contribution in [3.05, 3.63) is 48.0 Å². The molecular weight excluding hydrogens is 320 g/mol. The highest BCUT2D eigenvalue weighted by Crippen LogP contribution is 2.28. The van der Waals surface area contributed by atoms with E-state index in [-0.39, 0.29) is 17.7 Å². The van der Waals surface area contributed by atoms with E-state index in [1.54, 1.807) is 42.5 Å². The predicted molar refractivity (Wildman–Crippen MR) is 97.4 cm³/mol. The van der Waals surface area contributed by atoms with Gasteiger partial charge in [0, 0.05) is 22.9 Å². The fourth-order valence-electron chi connectivity index (χ4n) is 2.14. The van der Waals surface area contributed by atoms with Gasteiger partial charge in [-0.05, 0) is 36.4 Å². The Morgan fingerprint density at radius 2 is 1.52 bits per heavy atom. The lowest BCUT2D eigenvalue weighted by Crippen LogP contribution is -2.18. The third kappa shape index (κ3) is 4.73. The molecule has 0 heterocycles. The number of rotatable bonds is 6. The third-order valence-corrected chi connectivity index (χ3v) is 3.56. The molecule has 6 nitrogen and oxygen atoms in total. The first-order chi connectivity index (χ1) is 11.9. The van der Waals surface area contributed by atoms with E-state index in [9.17, 15) is 9.59 Å². The second-order valence-corrected chi connectivity index (χ2v) is 5.75. The molecule has 0 fully saturated rings. The normalized spacial score (nSPS) is 10.3. The maximum absolute atomic E-state index is 12.4. The standard InChI is InChI=1S/C19H22N2O4/c1-12(2)18(22)20-14-6-5-7-15(11-14)21-19(23)13-8-9-16(24-3)17(10-13)25-4/h5-12H,1-4H3,(H,20,22)(H,21,23). The lowest BCUT2D eigenvalue weighted by atomic mass is 10.1. The van der Waals surface area contributed by atoms with Crippen LogP contribution in [0.15, 0.2) is 42.5 Å². The summed E-state index contributed by atoms with van der Waals surface area (Å²) < 4.78 is 10.4. The summed E-state index contributed by atoms with van der Waals surface area (Å²) in [4.78, 5) is 24.2. The zero-order valence-electron chi connectivity index (χ0n) is 14.8. The summed E-state index contributed by atoms with van der Waals surface area (Å²) in [7, 11) is 3.05. The topological polar surface area (TPSA) is 76.7 Å². The highest BCUT2D eigenvalue weighted by Gasteiger charge is 2.12. The highest BCUT2D eigenvalue weighted by molar-refractivity contribution is 6.05. The predicted octanol–water partition coefficient (Wildman–Crippen LogP) is 3.55. The second-order valence-electron chi connectivity index (χ2n) is 5.75. The van der Waals surface area contributed by atoms with Crippen molar-refractivity contribution in [2.45, 2.75) is 13.8 Å². The molecule has 0 aromatic heterocycles. The zero-order chi connectivity index (χ0) is 18.4. The SMILES string of the molecule is COc1ccc(C(=O)Nc2cccc(NC(=O)C(C)C)c2)cc1OC. The number of hydrogen-bond acceptors (Lipinski definition) is 4. The minimum Gasteiger partial charge on any atom is -0.493 e. The number of benzene rings is 2. The number of methoxy groups -OCH3 is 2. The summed E-state index contributed by atoms with van der Waals surface area (Å²) in [5.41, 5.74) is 1.65. The van der Waals surface area contributed by atoms with Crippen molar-refractivity contribution < 1.29 is 19.1 Å². The van der Waals surface area contributed by atoms with Crippen molar-refractivity contribution in [1.29, 1.82) is 0 Å². The first-order valence-electron chi connectivity index (χ1n) is 7.89. The maximum Gasteiger partial charge on any atom is 0.255 e. The van der Waals surface area contributed by atoms with Crippen LogP contribution in [-0.4, -0.2) is 26.0 Å². The van der Waals surface area contributed by atoms with Gasteiger partial charge in [-0.2, -0.15) is 0 Å². The third-order valence-electron chi connectivity index (χ3n) is 3.56. The molecule has 25 heavy (non-hydrogen) atoms. The summed E-state index contributed by atoms with van der Waals surface area (Å²) >= 11 is 0. The van der Waals surface area contributed by atoms with E-state index >= 15 is 0 Å². The second kappa shape index (κ2) is 8.19. The summed E-state index contributed by atoms with van der Waals surface area (Å²) in [5, 5.41) is 5.60. The van der Waals surface area contributed by atoms with Gasteiger partial charge in [0.05, 0.1) is 14.2 Å². The summed E-state index contributed by atoms with van der Waals surface area (Å²) in [6, 6.07) is 11.9. The molecule has 0 radical (unpaired) electrons. The van der Waals surface area contributed by atoms with Crippen molar-refractivity contribution in [1.82, 2.24) is 0 Å². The van der Waals surface area contributed by atoms with Gasteiger partial charge in [-0.3, -0.25) is 9.59 Å². The maximum atomic E-state index is 12.4. The molecule has 132 valence electrons. The van der Waals surface area contributed by atoms with Crippen LogP contribution in [0.5, 0.6) is 11.5 Å². The van der Waals surface area contributed by atoms with E-state index in [0.717, 1.165) is 0 Å². The Morgan fingerprint density at radius 1 is 0.880 bits per heavy atom. The monoisotopic (exact) mass is 342 g/mol. The molecule has 0 bridgehead atoms. The van der Waals surface area contributed by atoms with Crippen LogP contribution in [0.1, 0.15) is 24.2 Å². The Bertz CT molecular complexity index is 772. The molecule has 0 saturated heterocycles. The quantitative estimate of drug-likeness (QED) is 0.842. The molecule has 2 N–H and O–H groups in total. The van der Waals surface area contributed by atoms with Gasteiger partial charge in [-0.1, -0.05) is 19.9 Å². The number of carbonyl (C=O) groups is 2. The van der Waals surface area contributed by atoms with Crippen LogP contribution in [0.3, 0.4) is 0 Å². The van der Waals surface area contributed by atoms with Gasteiger partial charge >= 0.3 is 0 Å². The number of carbonyl (C=O) groups excluding carboxylic acids is 2. The molecule has 2 aromatic rings. The molecule has 0 saturated carbocycles. The lowest BCUT2D eigenvalue weighted by molar-refractivity contribution is -0.118. The Kier molecular flexibility index (Phi) is 6.00. The van der Waals surface area contributed by atoms with E-state index < -0.39 is 0 Å². The van der Waals surface area contributed by atoms with Gasteiger partial charge in [0.1, 0.15) is 0 Å². The Hall–Kier alpha value is -3.02. The number of anilines is 2. The van der Waals surface area contributed by atoms with Gasteiger partial charge in [0.2, 0.25) is 5.91 Å². The minimum absolute atomic E-state index is 0.0802. The van der Waals surface area contributed by atoms with Crippen molar-refractivity contribution in [3.8, 4) is 11.5 Å². The number of amides is 2. The average Bonchev–Trinajstić information content (AvgIpc) is 2.61. The van der Waals surface area contributed by atoms with Crippen molar-refractivity contribution in [2.75, 3.05) is 24.9 Å². The van der Waals surface area contributed by atoms with Crippen molar-refractivity contribution in [3.63, 3.8) is 0 Å². The summed E-state index contributed by atoms with van der Waals surface area (Å²) in [6.07, 6.45) is 0. The first kappa shape index (κ1) is 18.3. The first-order valence-corrected chi connectivity index (χ1v) is 7.89. The smallest absolute Gasteiger partial charge is 0.255 e. The van der Waals surface area contributed by atoms with E-state index in [1.807, 2.05) is 13.8 Å². The van der Waals surface area contributed by atoms with Gasteiger partial charge < -0.3 is 20.1 Å². The number of hydrogen-bond donors (Lipinski definition) is 2. The van der Waals surface area contributed by atoms with Crippen LogP contribution in [0.2, 0.25) is 0 Å². The van der Waals surface area contributed by atoms with Gasteiger partial charge in [0.25, 0.3) is 5.91 Å². The van der Waals surface area contributed by atoms with Crippen molar-refractivity contribution in [2.24, 2.45) is 5.92 Å². The molecule has 0 aliphatic rings. The number of ether oxygens (including phenoxy) is 2. The lowest BCUT2D eigenvalue weighted by Gasteiger charge is -2.11. The minimum atomic E-state index is -0.284. The van der Waals surface area contributed by atoms with Gasteiger partial charge in [0.15, 0.2) is 11.5 Å². The fourth-order valence-corrected chi connectivity index (χ4v) is 2.14.